The Bertz CT molecular complexity index is 152. The van der Waals surface area contributed by atoms with Crippen LogP contribution in [0.25, 0.3) is 0 Å². The molecule has 0 aromatic rings. The first-order valence-corrected chi connectivity index (χ1v) is 10.6. The van der Waals surface area contributed by atoms with E-state index in [2.05, 4.69) is 27.7 Å². The molecular formula is C10H21Cl3Si. The van der Waals surface area contributed by atoms with E-state index in [1.54, 1.807) is 0 Å². The Hall–Kier alpha value is 1.09. The molecule has 0 bridgehead atoms. The van der Waals surface area contributed by atoms with E-state index in [0.717, 1.165) is 19.3 Å². The van der Waals surface area contributed by atoms with Crippen molar-refractivity contribution < 1.29 is 0 Å². The lowest BCUT2D eigenvalue weighted by molar-refractivity contribution is 0.361. The van der Waals surface area contributed by atoms with Crippen molar-refractivity contribution in [3.63, 3.8) is 0 Å². The van der Waals surface area contributed by atoms with Gasteiger partial charge in [-0.05, 0) is 17.4 Å². The Morgan fingerprint density at radius 1 is 0.929 bits per heavy atom. The first-order valence-electron chi connectivity index (χ1n) is 5.45. The second-order valence-corrected chi connectivity index (χ2v) is 12.9. The molecule has 0 heterocycles. The first kappa shape index (κ1) is 15.1. The monoisotopic (exact) mass is 274 g/mol. The average molecular weight is 276 g/mol. The number of halogens is 3. The molecule has 14 heavy (non-hydrogen) atoms. The maximum absolute atomic E-state index is 6.19. The van der Waals surface area contributed by atoms with Crippen LogP contribution in [0.5, 0.6) is 0 Å². The second-order valence-electron chi connectivity index (χ2n) is 4.03. The SMILES string of the molecule is CCC(C)C(C(CC)CC)[Si](Cl)(Cl)Cl. The van der Waals surface area contributed by atoms with Gasteiger partial charge in [0.1, 0.15) is 0 Å². The fourth-order valence-corrected chi connectivity index (χ4v) is 7.53. The normalized spacial score (nSPS) is 17.1. The Morgan fingerprint density at radius 2 is 1.36 bits per heavy atom. The fraction of sp³-hybridized carbons (Fsp3) is 1.00. The molecule has 0 N–H and O–H groups in total. The molecule has 0 aliphatic heterocycles. The number of hydrogen-bond donors (Lipinski definition) is 0. The van der Waals surface area contributed by atoms with Gasteiger partial charge in [0.2, 0.25) is 0 Å². The first-order chi connectivity index (χ1) is 6.38. The molecule has 0 saturated heterocycles. The zero-order valence-electron chi connectivity index (χ0n) is 9.49. The molecule has 0 amide bonds. The predicted octanol–water partition coefficient (Wildman–Crippen LogP) is 5.49. The maximum Gasteiger partial charge on any atom is 0.344 e. The van der Waals surface area contributed by atoms with Crippen molar-refractivity contribution >= 4 is 39.2 Å². The van der Waals surface area contributed by atoms with Crippen molar-refractivity contribution in [2.24, 2.45) is 11.8 Å². The van der Waals surface area contributed by atoms with E-state index >= 15 is 0 Å². The lowest BCUT2D eigenvalue weighted by Crippen LogP contribution is -2.31. The Morgan fingerprint density at radius 3 is 1.57 bits per heavy atom. The highest BCUT2D eigenvalue weighted by Crippen LogP contribution is 2.47. The lowest BCUT2D eigenvalue weighted by Gasteiger charge is -2.34. The zero-order chi connectivity index (χ0) is 11.4. The summed E-state index contributed by atoms with van der Waals surface area (Å²) in [5.41, 5.74) is 0.312. The Labute approximate surface area is 103 Å². The largest absolute Gasteiger partial charge is 0.344 e. The second kappa shape index (κ2) is 6.62. The molecule has 2 atom stereocenters. The summed E-state index contributed by atoms with van der Waals surface area (Å²) in [6.07, 6.45) is 3.33. The summed E-state index contributed by atoms with van der Waals surface area (Å²) < 4.78 is 0. The zero-order valence-corrected chi connectivity index (χ0v) is 12.8. The summed E-state index contributed by atoms with van der Waals surface area (Å²) in [5.74, 6) is 1.10. The summed E-state index contributed by atoms with van der Waals surface area (Å²) >= 11 is 18.6. The molecule has 0 aromatic carbocycles. The van der Waals surface area contributed by atoms with Gasteiger partial charge in [-0.15, -0.1) is 33.2 Å². The van der Waals surface area contributed by atoms with Crippen LogP contribution in [0.3, 0.4) is 0 Å². The van der Waals surface area contributed by atoms with Gasteiger partial charge in [0.25, 0.3) is 0 Å². The predicted molar refractivity (Wildman–Crippen MR) is 70.6 cm³/mol. The quantitative estimate of drug-likeness (QED) is 0.444. The smallest absolute Gasteiger partial charge is 0.126 e. The highest BCUT2D eigenvalue weighted by Gasteiger charge is 2.43. The van der Waals surface area contributed by atoms with Crippen LogP contribution in [-0.4, -0.2) is 6.00 Å². The third-order valence-corrected chi connectivity index (χ3v) is 7.26. The minimum atomic E-state index is -2.56. The maximum atomic E-state index is 6.19. The highest BCUT2D eigenvalue weighted by atomic mass is 35.8. The van der Waals surface area contributed by atoms with Crippen LogP contribution < -0.4 is 0 Å². The van der Waals surface area contributed by atoms with Gasteiger partial charge in [0.05, 0.1) is 0 Å². The molecule has 0 nitrogen and oxygen atoms in total. The third kappa shape index (κ3) is 4.30. The summed E-state index contributed by atoms with van der Waals surface area (Å²) in [7, 11) is 0. The molecule has 4 heteroatoms. The minimum Gasteiger partial charge on any atom is -0.126 e. The molecule has 0 aliphatic rings. The van der Waals surface area contributed by atoms with E-state index in [4.69, 9.17) is 33.2 Å². The summed E-state index contributed by atoms with van der Waals surface area (Å²) in [6, 6.07) is -2.56. The van der Waals surface area contributed by atoms with Crippen molar-refractivity contribution in [3.05, 3.63) is 0 Å². The van der Waals surface area contributed by atoms with E-state index < -0.39 is 6.00 Å². The topological polar surface area (TPSA) is 0 Å². The van der Waals surface area contributed by atoms with Crippen molar-refractivity contribution in [1.82, 2.24) is 0 Å². The fourth-order valence-electron chi connectivity index (χ4n) is 2.10. The van der Waals surface area contributed by atoms with Gasteiger partial charge < -0.3 is 0 Å². The van der Waals surface area contributed by atoms with Crippen molar-refractivity contribution in [2.75, 3.05) is 0 Å². The van der Waals surface area contributed by atoms with Crippen LogP contribution in [0.4, 0.5) is 0 Å². The summed E-state index contributed by atoms with van der Waals surface area (Å²) in [5, 5.41) is 0. The molecule has 0 radical (unpaired) electrons. The summed E-state index contributed by atoms with van der Waals surface area (Å²) in [6.45, 7) is 8.76. The van der Waals surface area contributed by atoms with Crippen molar-refractivity contribution in [1.29, 1.82) is 0 Å². The molecule has 2 unspecified atom stereocenters. The van der Waals surface area contributed by atoms with E-state index in [0.29, 0.717) is 17.4 Å². The van der Waals surface area contributed by atoms with Crippen LogP contribution in [0.2, 0.25) is 5.54 Å². The highest BCUT2D eigenvalue weighted by molar-refractivity contribution is 7.65. The standard InChI is InChI=1S/C10H21Cl3Si/c1-5-8(4)10(14(11,12)13)9(6-2)7-3/h8-10H,5-7H2,1-4H3. The average Bonchev–Trinajstić information content (AvgIpc) is 2.10. The van der Waals surface area contributed by atoms with E-state index in [1.165, 1.54) is 0 Å². The van der Waals surface area contributed by atoms with Gasteiger partial charge in [-0.2, -0.15) is 0 Å². The molecular weight excluding hydrogens is 255 g/mol. The van der Waals surface area contributed by atoms with Crippen LogP contribution in [0.1, 0.15) is 47.0 Å². The van der Waals surface area contributed by atoms with E-state index in [1.807, 2.05) is 0 Å². The van der Waals surface area contributed by atoms with Crippen LogP contribution >= 0.6 is 33.2 Å². The minimum absolute atomic E-state index is 0.312. The Balaban J connectivity index is 4.70. The lowest BCUT2D eigenvalue weighted by atomic mass is 9.89. The van der Waals surface area contributed by atoms with Crippen LogP contribution in [0.15, 0.2) is 0 Å². The molecule has 0 aliphatic carbocycles. The molecule has 0 spiro atoms. The van der Waals surface area contributed by atoms with Gasteiger partial charge in [-0.25, -0.2) is 0 Å². The molecule has 0 aromatic heterocycles. The number of hydrogen-bond acceptors (Lipinski definition) is 0. The molecule has 0 saturated carbocycles. The van der Waals surface area contributed by atoms with E-state index in [9.17, 15) is 0 Å². The van der Waals surface area contributed by atoms with Gasteiger partial charge in [-0.3, -0.25) is 0 Å². The van der Waals surface area contributed by atoms with E-state index in [-0.39, 0.29) is 0 Å². The van der Waals surface area contributed by atoms with Gasteiger partial charge >= 0.3 is 6.00 Å². The molecule has 0 fully saturated rings. The molecule has 0 rings (SSSR count). The Kier molecular flexibility index (Phi) is 7.14. The summed E-state index contributed by atoms with van der Waals surface area (Å²) in [4.78, 5) is 0. The van der Waals surface area contributed by atoms with Gasteiger partial charge in [0.15, 0.2) is 0 Å². The van der Waals surface area contributed by atoms with Crippen LogP contribution in [0, 0.1) is 11.8 Å². The molecule has 86 valence electrons. The van der Waals surface area contributed by atoms with Crippen LogP contribution in [-0.2, 0) is 0 Å². The van der Waals surface area contributed by atoms with Crippen molar-refractivity contribution in [2.45, 2.75) is 52.5 Å². The number of rotatable bonds is 6. The van der Waals surface area contributed by atoms with Crippen molar-refractivity contribution in [3.8, 4) is 0 Å². The van der Waals surface area contributed by atoms with Gasteiger partial charge in [-0.1, -0.05) is 47.0 Å². The van der Waals surface area contributed by atoms with Gasteiger partial charge in [0, 0.05) is 0 Å². The third-order valence-electron chi connectivity index (χ3n) is 3.19.